The second-order valence-electron chi connectivity index (χ2n) is 10.9. The zero-order chi connectivity index (χ0) is 24.6. The van der Waals surface area contributed by atoms with E-state index in [0.29, 0.717) is 5.75 Å². The smallest absolute Gasteiger partial charge is 0.408 e. The molecule has 2 amide bonds. The molecular formula is C27H43N3O3S. The zero-order valence-electron chi connectivity index (χ0n) is 21.4. The molecule has 6 nitrogen and oxygen atoms in total. The van der Waals surface area contributed by atoms with Crippen molar-refractivity contribution in [2.45, 2.75) is 83.5 Å². The predicted octanol–water partition coefficient (Wildman–Crippen LogP) is 4.93. The molecule has 34 heavy (non-hydrogen) atoms. The Morgan fingerprint density at radius 2 is 1.85 bits per heavy atom. The number of carbonyl (C=O) groups is 2. The number of hydrogen-bond donors (Lipinski definition) is 1. The Kier molecular flexibility index (Phi) is 10.1. The highest BCUT2D eigenvalue weighted by atomic mass is 32.2. The van der Waals surface area contributed by atoms with Crippen LogP contribution in [0.2, 0.25) is 0 Å². The average Bonchev–Trinajstić information content (AvgIpc) is 3.26. The number of likely N-dealkylation sites (N-methyl/N-ethyl adjacent to an activating group) is 1. The van der Waals surface area contributed by atoms with Crippen molar-refractivity contribution in [1.29, 1.82) is 0 Å². The van der Waals surface area contributed by atoms with E-state index in [9.17, 15) is 9.59 Å². The normalized spacial score (nSPS) is 20.6. The van der Waals surface area contributed by atoms with Gasteiger partial charge in [-0.3, -0.25) is 9.69 Å². The van der Waals surface area contributed by atoms with Crippen molar-refractivity contribution in [3.05, 3.63) is 35.9 Å². The van der Waals surface area contributed by atoms with Crippen molar-refractivity contribution < 1.29 is 14.3 Å². The Morgan fingerprint density at radius 1 is 1.15 bits per heavy atom. The molecule has 2 unspecified atom stereocenters. The first kappa shape index (κ1) is 26.9. The van der Waals surface area contributed by atoms with Crippen molar-refractivity contribution in [2.75, 3.05) is 31.6 Å². The largest absolute Gasteiger partial charge is 0.444 e. The van der Waals surface area contributed by atoms with Gasteiger partial charge in [0.25, 0.3) is 0 Å². The number of alkyl carbamates (subject to hydrolysis) is 1. The molecule has 0 radical (unpaired) electrons. The van der Waals surface area contributed by atoms with Crippen molar-refractivity contribution >= 4 is 23.8 Å². The van der Waals surface area contributed by atoms with E-state index in [1.54, 1.807) is 11.8 Å². The number of nitrogens with zero attached hydrogens (tertiary/aromatic N) is 2. The van der Waals surface area contributed by atoms with Gasteiger partial charge in [-0.15, -0.1) is 0 Å². The van der Waals surface area contributed by atoms with Crippen LogP contribution in [0.4, 0.5) is 4.79 Å². The van der Waals surface area contributed by atoms with Crippen LogP contribution in [-0.4, -0.2) is 71.1 Å². The lowest BCUT2D eigenvalue weighted by Crippen LogP contribution is -2.53. The highest BCUT2D eigenvalue weighted by Gasteiger charge is 2.33. The van der Waals surface area contributed by atoms with E-state index in [-0.39, 0.29) is 11.9 Å². The molecular weight excluding hydrogens is 446 g/mol. The predicted molar refractivity (Wildman–Crippen MR) is 140 cm³/mol. The number of nitrogens with one attached hydrogen (secondary N) is 1. The molecule has 1 N–H and O–H groups in total. The van der Waals surface area contributed by atoms with Gasteiger partial charge in [0.2, 0.25) is 5.91 Å². The Bertz CT molecular complexity index is 777. The van der Waals surface area contributed by atoms with Crippen LogP contribution in [0, 0.1) is 5.92 Å². The fourth-order valence-electron chi connectivity index (χ4n) is 4.87. The molecule has 1 aliphatic heterocycles. The first-order chi connectivity index (χ1) is 16.2. The van der Waals surface area contributed by atoms with Gasteiger partial charge in [0.1, 0.15) is 11.6 Å². The third-order valence-electron chi connectivity index (χ3n) is 6.74. The Balaban J connectivity index is 1.56. The number of hydrogen-bond acceptors (Lipinski definition) is 5. The van der Waals surface area contributed by atoms with Gasteiger partial charge < -0.3 is 15.0 Å². The molecule has 1 aliphatic carbocycles. The summed E-state index contributed by atoms with van der Waals surface area (Å²) >= 11 is 1.79. The summed E-state index contributed by atoms with van der Waals surface area (Å²) in [4.78, 5) is 30.3. The number of amides is 2. The molecule has 7 heteroatoms. The van der Waals surface area contributed by atoms with E-state index in [4.69, 9.17) is 4.74 Å². The molecule has 0 bridgehead atoms. The first-order valence-electron chi connectivity index (χ1n) is 12.8. The van der Waals surface area contributed by atoms with Crippen LogP contribution in [0.1, 0.15) is 64.9 Å². The summed E-state index contributed by atoms with van der Waals surface area (Å²) in [6.45, 7) is 8.24. The molecule has 0 spiro atoms. The first-order valence-corrected chi connectivity index (χ1v) is 14.0. The second kappa shape index (κ2) is 12.8. The summed E-state index contributed by atoms with van der Waals surface area (Å²) in [6.07, 6.45) is 6.96. The Labute approximate surface area is 210 Å². The van der Waals surface area contributed by atoms with Gasteiger partial charge in [-0.2, -0.15) is 11.8 Å². The van der Waals surface area contributed by atoms with Gasteiger partial charge >= 0.3 is 6.09 Å². The summed E-state index contributed by atoms with van der Waals surface area (Å²) in [6, 6.07) is 10.0. The van der Waals surface area contributed by atoms with E-state index in [1.807, 2.05) is 38.8 Å². The van der Waals surface area contributed by atoms with Crippen LogP contribution in [0.15, 0.2) is 30.3 Å². The Morgan fingerprint density at radius 3 is 2.53 bits per heavy atom. The minimum Gasteiger partial charge on any atom is -0.444 e. The average molecular weight is 490 g/mol. The van der Waals surface area contributed by atoms with Crippen molar-refractivity contribution in [1.82, 2.24) is 15.1 Å². The van der Waals surface area contributed by atoms with E-state index < -0.39 is 17.7 Å². The molecule has 1 saturated carbocycles. The molecule has 1 saturated heterocycles. The maximum Gasteiger partial charge on any atom is 0.408 e. The highest BCUT2D eigenvalue weighted by molar-refractivity contribution is 7.99. The van der Waals surface area contributed by atoms with Crippen LogP contribution in [0.25, 0.3) is 0 Å². The maximum absolute atomic E-state index is 13.5. The van der Waals surface area contributed by atoms with Crippen LogP contribution in [-0.2, 0) is 16.1 Å². The summed E-state index contributed by atoms with van der Waals surface area (Å²) in [5.41, 5.74) is 0.697. The fourth-order valence-corrected chi connectivity index (χ4v) is 6.13. The van der Waals surface area contributed by atoms with Gasteiger partial charge in [0, 0.05) is 38.5 Å². The van der Waals surface area contributed by atoms with Gasteiger partial charge in [0.15, 0.2) is 0 Å². The van der Waals surface area contributed by atoms with Crippen LogP contribution in [0.5, 0.6) is 0 Å². The van der Waals surface area contributed by atoms with Gasteiger partial charge in [-0.1, -0.05) is 49.6 Å². The van der Waals surface area contributed by atoms with Crippen LogP contribution in [0.3, 0.4) is 0 Å². The molecule has 2 aliphatic rings. The van der Waals surface area contributed by atoms with Gasteiger partial charge in [-0.05, 0) is 57.3 Å². The number of benzene rings is 1. The standard InChI is InChI=1S/C27H43N3O3S/c1-27(2,3)33-26(32)28-24(20-34-19-22-13-9-6-10-14-22)25(31)29(4)23-15-16-30(18-23)17-21-11-7-5-8-12-21/h5,7-8,11-12,22-24H,6,9-10,13-20H2,1-4H3,(H,28,32). The lowest BCUT2D eigenvalue weighted by atomic mass is 9.91. The number of carbonyl (C=O) groups excluding carboxylic acids is 2. The van der Waals surface area contributed by atoms with E-state index in [0.717, 1.165) is 37.7 Å². The number of ether oxygens (including phenoxy) is 1. The topological polar surface area (TPSA) is 61.9 Å². The van der Waals surface area contributed by atoms with Gasteiger partial charge in [-0.25, -0.2) is 4.79 Å². The zero-order valence-corrected chi connectivity index (χ0v) is 22.2. The summed E-state index contributed by atoms with van der Waals surface area (Å²) in [7, 11) is 1.88. The fraction of sp³-hybridized carbons (Fsp3) is 0.704. The van der Waals surface area contributed by atoms with Gasteiger partial charge in [0.05, 0.1) is 0 Å². The monoisotopic (exact) mass is 489 g/mol. The number of thioether (sulfide) groups is 1. The molecule has 1 aromatic carbocycles. The SMILES string of the molecule is CN(C(=O)C(CSCC1CCCCC1)NC(=O)OC(C)(C)C)C1CCN(Cc2ccccc2)C1. The maximum atomic E-state index is 13.5. The highest BCUT2D eigenvalue weighted by Crippen LogP contribution is 2.27. The van der Waals surface area contributed by atoms with E-state index in [2.05, 4.69) is 34.5 Å². The minimum atomic E-state index is -0.595. The van der Waals surface area contributed by atoms with Crippen molar-refractivity contribution in [2.24, 2.45) is 5.92 Å². The molecule has 3 rings (SSSR count). The lowest BCUT2D eigenvalue weighted by Gasteiger charge is -2.30. The molecule has 0 aromatic heterocycles. The van der Waals surface area contributed by atoms with Crippen LogP contribution < -0.4 is 5.32 Å². The molecule has 2 atom stereocenters. The molecule has 1 heterocycles. The summed E-state index contributed by atoms with van der Waals surface area (Å²) in [5, 5.41) is 2.88. The Hall–Kier alpha value is -1.73. The van der Waals surface area contributed by atoms with Crippen molar-refractivity contribution in [3.8, 4) is 0 Å². The quantitative estimate of drug-likeness (QED) is 0.533. The molecule has 190 valence electrons. The lowest BCUT2D eigenvalue weighted by molar-refractivity contribution is -0.133. The molecule has 2 fully saturated rings. The number of rotatable bonds is 9. The third kappa shape index (κ3) is 8.81. The summed E-state index contributed by atoms with van der Waals surface area (Å²) < 4.78 is 5.47. The van der Waals surface area contributed by atoms with Crippen molar-refractivity contribution in [3.63, 3.8) is 0 Å². The third-order valence-corrected chi connectivity index (χ3v) is 8.02. The van der Waals surface area contributed by atoms with E-state index >= 15 is 0 Å². The van der Waals surface area contributed by atoms with Crippen LogP contribution >= 0.6 is 11.8 Å². The summed E-state index contributed by atoms with van der Waals surface area (Å²) in [5.74, 6) is 2.35. The molecule has 1 aromatic rings. The number of likely N-dealkylation sites (tertiary alicyclic amines) is 1. The second-order valence-corrected chi connectivity index (χ2v) is 11.9. The minimum absolute atomic E-state index is 0.0198. The van der Waals surface area contributed by atoms with E-state index in [1.165, 1.54) is 37.7 Å².